The monoisotopic (exact) mass is 336 g/mol. The van der Waals surface area contributed by atoms with Crippen molar-refractivity contribution in [2.24, 2.45) is 0 Å². The third-order valence-electron chi connectivity index (χ3n) is 3.64. The zero-order chi connectivity index (χ0) is 14.0. The molecule has 0 unspecified atom stereocenters. The van der Waals surface area contributed by atoms with E-state index >= 15 is 0 Å². The standard InChI is InChI=1S/C16H10Cl2S2/c1-7-3-13-9(5-11(7)17)15-16(19-13)10-6-12(18)8(2)4-14(10)20-15/h3-6H,1-2H3. The quantitative estimate of drug-likeness (QED) is 0.318. The second-order valence-electron chi connectivity index (χ2n) is 5.06. The van der Waals surface area contributed by atoms with Gasteiger partial charge in [-0.2, -0.15) is 0 Å². The zero-order valence-electron chi connectivity index (χ0n) is 10.9. The minimum atomic E-state index is 0.837. The third kappa shape index (κ3) is 1.72. The van der Waals surface area contributed by atoms with Gasteiger partial charge in [-0.05, 0) is 49.2 Å². The smallest absolute Gasteiger partial charge is 0.0542 e. The van der Waals surface area contributed by atoms with E-state index in [9.17, 15) is 0 Å². The lowest BCUT2D eigenvalue weighted by atomic mass is 10.1. The van der Waals surface area contributed by atoms with E-state index in [1.54, 1.807) is 0 Å². The van der Waals surface area contributed by atoms with Gasteiger partial charge in [-0.15, -0.1) is 22.7 Å². The largest absolute Gasteiger partial charge is 0.134 e. The zero-order valence-corrected chi connectivity index (χ0v) is 14.0. The lowest BCUT2D eigenvalue weighted by Gasteiger charge is -1.98. The molecule has 0 nitrogen and oxygen atoms in total. The van der Waals surface area contributed by atoms with Gasteiger partial charge in [-0.1, -0.05) is 23.2 Å². The highest BCUT2D eigenvalue weighted by atomic mass is 35.5. The van der Waals surface area contributed by atoms with Crippen molar-refractivity contribution >= 4 is 75.4 Å². The molecule has 0 saturated heterocycles. The summed E-state index contributed by atoms with van der Waals surface area (Å²) in [4.78, 5) is 0. The number of hydrogen-bond donors (Lipinski definition) is 0. The summed E-state index contributed by atoms with van der Waals surface area (Å²) in [6, 6.07) is 8.54. The van der Waals surface area contributed by atoms with Gasteiger partial charge >= 0.3 is 0 Å². The minimum Gasteiger partial charge on any atom is -0.134 e. The summed E-state index contributed by atoms with van der Waals surface area (Å²) in [5, 5.41) is 4.19. The number of benzene rings is 2. The van der Waals surface area contributed by atoms with Crippen molar-refractivity contribution in [2.75, 3.05) is 0 Å². The molecule has 4 aromatic rings. The summed E-state index contributed by atoms with van der Waals surface area (Å²) in [6.45, 7) is 4.10. The first kappa shape index (κ1) is 12.9. The van der Waals surface area contributed by atoms with E-state index in [4.69, 9.17) is 23.2 Å². The molecule has 0 fully saturated rings. The van der Waals surface area contributed by atoms with E-state index in [1.807, 2.05) is 36.5 Å². The Morgan fingerprint density at radius 2 is 1.10 bits per heavy atom. The maximum atomic E-state index is 6.28. The molecule has 0 bridgehead atoms. The van der Waals surface area contributed by atoms with E-state index in [0.29, 0.717) is 0 Å². The number of hydrogen-bond acceptors (Lipinski definition) is 2. The van der Waals surface area contributed by atoms with Crippen molar-refractivity contribution in [1.82, 2.24) is 0 Å². The van der Waals surface area contributed by atoms with Gasteiger partial charge in [0.05, 0.1) is 9.40 Å². The van der Waals surface area contributed by atoms with Crippen LogP contribution in [-0.4, -0.2) is 0 Å². The lowest BCUT2D eigenvalue weighted by molar-refractivity contribution is 1.52. The predicted octanol–water partition coefficient (Wildman–Crippen LogP) is 7.19. The molecular formula is C16H10Cl2S2. The first-order valence-corrected chi connectivity index (χ1v) is 8.64. The molecule has 2 heterocycles. The van der Waals surface area contributed by atoms with Crippen LogP contribution in [-0.2, 0) is 0 Å². The second-order valence-corrected chi connectivity index (χ2v) is 7.98. The van der Waals surface area contributed by atoms with Gasteiger partial charge in [0.2, 0.25) is 0 Å². The van der Waals surface area contributed by atoms with Gasteiger partial charge in [0.15, 0.2) is 0 Å². The normalized spacial score (nSPS) is 12.0. The van der Waals surface area contributed by atoms with Crippen LogP contribution in [0.3, 0.4) is 0 Å². The molecule has 0 amide bonds. The number of halogens is 2. The third-order valence-corrected chi connectivity index (χ3v) is 6.96. The predicted molar refractivity (Wildman–Crippen MR) is 94.2 cm³/mol. The Hall–Kier alpha value is -0.800. The van der Waals surface area contributed by atoms with Crippen LogP contribution >= 0.6 is 45.9 Å². The molecule has 0 radical (unpaired) electrons. The SMILES string of the molecule is Cc1cc2sc3c4cc(Cl)c(C)cc4sc3c2cc1Cl. The molecule has 2 aromatic carbocycles. The molecule has 0 spiro atoms. The van der Waals surface area contributed by atoms with Crippen LogP contribution in [0.2, 0.25) is 10.0 Å². The Labute approximate surface area is 134 Å². The summed E-state index contributed by atoms with van der Waals surface area (Å²) in [5.74, 6) is 0. The summed E-state index contributed by atoms with van der Waals surface area (Å²) in [6.07, 6.45) is 0. The Morgan fingerprint density at radius 3 is 1.50 bits per heavy atom. The van der Waals surface area contributed by atoms with Crippen LogP contribution in [0.1, 0.15) is 11.1 Å². The minimum absolute atomic E-state index is 0.837. The molecular weight excluding hydrogens is 327 g/mol. The van der Waals surface area contributed by atoms with Crippen LogP contribution in [0.5, 0.6) is 0 Å². The van der Waals surface area contributed by atoms with Gasteiger partial charge in [0, 0.05) is 30.2 Å². The highest BCUT2D eigenvalue weighted by Crippen LogP contribution is 2.46. The van der Waals surface area contributed by atoms with Gasteiger partial charge in [0.25, 0.3) is 0 Å². The van der Waals surface area contributed by atoms with E-state index < -0.39 is 0 Å². The van der Waals surface area contributed by atoms with Crippen LogP contribution in [0.15, 0.2) is 24.3 Å². The van der Waals surface area contributed by atoms with Crippen LogP contribution in [0.25, 0.3) is 29.6 Å². The number of aryl methyl sites for hydroxylation is 2. The number of thiophene rings is 2. The average Bonchev–Trinajstić information content (AvgIpc) is 2.88. The molecule has 4 heteroatoms. The fraction of sp³-hybridized carbons (Fsp3) is 0.125. The van der Waals surface area contributed by atoms with E-state index in [2.05, 4.69) is 24.3 Å². The molecule has 0 N–H and O–H groups in total. The summed E-state index contributed by atoms with van der Waals surface area (Å²) in [7, 11) is 0. The molecule has 100 valence electrons. The maximum absolute atomic E-state index is 6.28. The molecule has 0 atom stereocenters. The molecule has 4 rings (SSSR count). The van der Waals surface area contributed by atoms with E-state index in [1.165, 1.54) is 29.6 Å². The van der Waals surface area contributed by atoms with Crippen LogP contribution < -0.4 is 0 Å². The fourth-order valence-corrected chi connectivity index (χ4v) is 5.62. The van der Waals surface area contributed by atoms with Gasteiger partial charge in [-0.25, -0.2) is 0 Å². The van der Waals surface area contributed by atoms with E-state index in [0.717, 1.165) is 21.2 Å². The lowest BCUT2D eigenvalue weighted by Crippen LogP contribution is -1.73. The second kappa shape index (κ2) is 4.35. The summed E-state index contributed by atoms with van der Waals surface area (Å²) >= 11 is 16.2. The van der Waals surface area contributed by atoms with Crippen molar-refractivity contribution < 1.29 is 0 Å². The molecule has 0 aliphatic heterocycles. The molecule has 2 aromatic heterocycles. The summed E-state index contributed by atoms with van der Waals surface area (Å²) < 4.78 is 5.24. The number of fused-ring (bicyclic) bond motifs is 5. The van der Waals surface area contributed by atoms with Crippen LogP contribution in [0.4, 0.5) is 0 Å². The first-order valence-electron chi connectivity index (χ1n) is 6.25. The number of rotatable bonds is 0. The Bertz CT molecular complexity index is 911. The van der Waals surface area contributed by atoms with Crippen molar-refractivity contribution in [3.8, 4) is 0 Å². The molecule has 0 saturated carbocycles. The van der Waals surface area contributed by atoms with Gasteiger partial charge < -0.3 is 0 Å². The Kier molecular flexibility index (Phi) is 2.80. The highest BCUT2D eigenvalue weighted by molar-refractivity contribution is 7.36. The average molecular weight is 337 g/mol. The first-order chi connectivity index (χ1) is 9.54. The van der Waals surface area contributed by atoms with Gasteiger partial charge in [0.1, 0.15) is 0 Å². The van der Waals surface area contributed by atoms with Crippen molar-refractivity contribution in [3.63, 3.8) is 0 Å². The van der Waals surface area contributed by atoms with Crippen LogP contribution in [0, 0.1) is 13.8 Å². The Balaban J connectivity index is 2.22. The highest BCUT2D eigenvalue weighted by Gasteiger charge is 2.14. The van der Waals surface area contributed by atoms with Crippen molar-refractivity contribution in [2.45, 2.75) is 13.8 Å². The fourth-order valence-electron chi connectivity index (χ4n) is 2.50. The summed E-state index contributed by atoms with van der Waals surface area (Å²) in [5.41, 5.74) is 2.26. The topological polar surface area (TPSA) is 0 Å². The Morgan fingerprint density at radius 1 is 0.700 bits per heavy atom. The van der Waals surface area contributed by atoms with Gasteiger partial charge in [-0.3, -0.25) is 0 Å². The maximum Gasteiger partial charge on any atom is 0.0542 e. The van der Waals surface area contributed by atoms with E-state index in [-0.39, 0.29) is 0 Å². The molecule has 20 heavy (non-hydrogen) atoms. The van der Waals surface area contributed by atoms with Crippen molar-refractivity contribution in [3.05, 3.63) is 45.4 Å². The molecule has 0 aliphatic rings. The molecule has 0 aliphatic carbocycles. The van der Waals surface area contributed by atoms with Crippen molar-refractivity contribution in [1.29, 1.82) is 0 Å².